The molecule has 0 saturated heterocycles. The molecule has 1 N–H and O–H groups in total. The molecule has 0 aromatic carbocycles. The quantitative estimate of drug-likeness (QED) is 0.679. The summed E-state index contributed by atoms with van der Waals surface area (Å²) in [5.41, 5.74) is 0. The van der Waals surface area contributed by atoms with Crippen LogP contribution in [0.5, 0.6) is 0 Å². The topological polar surface area (TPSA) is 29.1 Å². The number of rotatable bonds is 5. The van der Waals surface area contributed by atoms with Crippen molar-refractivity contribution in [1.82, 2.24) is 5.32 Å². The minimum Gasteiger partial charge on any atom is -0.311 e. The van der Waals surface area contributed by atoms with Crippen molar-refractivity contribution in [2.45, 2.75) is 45.1 Å². The Hall–Kier alpha value is -0.370. The molecule has 12 heavy (non-hydrogen) atoms. The van der Waals surface area contributed by atoms with E-state index in [9.17, 15) is 4.79 Å². The lowest BCUT2D eigenvalue weighted by molar-refractivity contribution is -0.121. The van der Waals surface area contributed by atoms with Gasteiger partial charge in [0.1, 0.15) is 5.78 Å². The molecule has 0 heterocycles. The molecule has 1 fully saturated rings. The largest absolute Gasteiger partial charge is 0.311 e. The second-order valence-corrected chi connectivity index (χ2v) is 3.81. The molecule has 0 unspecified atom stereocenters. The van der Waals surface area contributed by atoms with Crippen LogP contribution in [0.15, 0.2) is 0 Å². The summed E-state index contributed by atoms with van der Waals surface area (Å²) in [5.74, 6) is 1.22. The molecule has 1 saturated carbocycles. The average molecular weight is 169 g/mol. The Labute approximate surface area is 74.7 Å². The average Bonchev–Trinajstić information content (AvgIpc) is 2.00. The number of Topliss-reactive ketones (excluding diaryl/α,β-unsaturated/α-hetero) is 1. The van der Waals surface area contributed by atoms with Gasteiger partial charge in [-0.1, -0.05) is 19.3 Å². The Bertz CT molecular complexity index is 152. The monoisotopic (exact) mass is 169 g/mol. The van der Waals surface area contributed by atoms with Crippen LogP contribution in [0, 0.1) is 5.92 Å². The highest BCUT2D eigenvalue weighted by molar-refractivity contribution is 5.83. The molecule has 0 bridgehead atoms. The van der Waals surface area contributed by atoms with Crippen LogP contribution >= 0.6 is 0 Å². The van der Waals surface area contributed by atoms with Gasteiger partial charge in [-0.3, -0.25) is 4.79 Å². The number of likely N-dealkylation sites (N-methyl/N-ethyl adjacent to an activating group) is 1. The number of hydrogen-bond donors (Lipinski definition) is 1. The van der Waals surface area contributed by atoms with Gasteiger partial charge < -0.3 is 5.32 Å². The van der Waals surface area contributed by atoms with Gasteiger partial charge in [0.15, 0.2) is 0 Å². The normalized spacial score (nSPS) is 20.2. The second-order valence-electron chi connectivity index (χ2n) is 3.81. The molecular weight excluding hydrogens is 150 g/mol. The van der Waals surface area contributed by atoms with E-state index >= 15 is 0 Å². The molecule has 0 spiro atoms. The predicted molar refractivity (Wildman–Crippen MR) is 50.1 cm³/mol. The Kier molecular flexibility index (Phi) is 3.73. The van der Waals surface area contributed by atoms with Crippen molar-refractivity contribution in [2.75, 3.05) is 7.05 Å². The molecular formula is C10H19NO. The molecule has 0 radical (unpaired) electrons. The minimum absolute atomic E-state index is 0.0464. The van der Waals surface area contributed by atoms with Crippen molar-refractivity contribution in [1.29, 1.82) is 0 Å². The van der Waals surface area contributed by atoms with E-state index in [4.69, 9.17) is 0 Å². The second kappa shape index (κ2) is 4.61. The standard InChI is InChI=1S/C10H19NO/c1-8(11-2)10(12)7-6-9-4-3-5-9/h8-9,11H,3-7H2,1-2H3/t8-/m0/s1. The summed E-state index contributed by atoms with van der Waals surface area (Å²) in [6.45, 7) is 1.93. The highest BCUT2D eigenvalue weighted by Gasteiger charge is 2.19. The van der Waals surface area contributed by atoms with E-state index in [0.29, 0.717) is 5.78 Å². The highest BCUT2D eigenvalue weighted by atomic mass is 16.1. The Morgan fingerprint density at radius 3 is 2.67 bits per heavy atom. The maximum Gasteiger partial charge on any atom is 0.149 e. The van der Waals surface area contributed by atoms with E-state index < -0.39 is 0 Å². The molecule has 70 valence electrons. The molecule has 1 aliphatic rings. The number of carbonyl (C=O) groups is 1. The third-order valence-electron chi connectivity index (χ3n) is 2.94. The van der Waals surface area contributed by atoms with Crippen LogP contribution in [0.3, 0.4) is 0 Å². The van der Waals surface area contributed by atoms with Gasteiger partial charge in [-0.15, -0.1) is 0 Å². The van der Waals surface area contributed by atoms with Crippen LogP contribution in [-0.2, 0) is 4.79 Å². The summed E-state index contributed by atoms with van der Waals surface area (Å²) in [6.07, 6.45) is 5.96. The number of hydrogen-bond acceptors (Lipinski definition) is 2. The molecule has 0 aromatic rings. The van der Waals surface area contributed by atoms with Crippen LogP contribution in [0.4, 0.5) is 0 Å². The van der Waals surface area contributed by atoms with Gasteiger partial charge in [0, 0.05) is 6.42 Å². The number of ketones is 1. The third kappa shape index (κ3) is 2.59. The molecule has 2 nitrogen and oxygen atoms in total. The lowest BCUT2D eigenvalue weighted by Gasteiger charge is -2.25. The van der Waals surface area contributed by atoms with Gasteiger partial charge in [0.2, 0.25) is 0 Å². The molecule has 0 amide bonds. The highest BCUT2D eigenvalue weighted by Crippen LogP contribution is 2.30. The molecule has 1 rings (SSSR count). The SMILES string of the molecule is CN[C@@H](C)C(=O)CCC1CCC1. The first-order valence-electron chi connectivity index (χ1n) is 4.94. The third-order valence-corrected chi connectivity index (χ3v) is 2.94. The molecule has 1 aliphatic carbocycles. The van der Waals surface area contributed by atoms with E-state index in [1.54, 1.807) is 0 Å². The maximum absolute atomic E-state index is 11.4. The fourth-order valence-electron chi connectivity index (χ4n) is 1.51. The zero-order valence-corrected chi connectivity index (χ0v) is 8.10. The van der Waals surface area contributed by atoms with Crippen LogP contribution in [0.1, 0.15) is 39.0 Å². The number of nitrogens with one attached hydrogen (secondary N) is 1. The van der Waals surface area contributed by atoms with Gasteiger partial charge in [0.05, 0.1) is 6.04 Å². The molecule has 0 aromatic heterocycles. The fraction of sp³-hybridized carbons (Fsp3) is 0.900. The Morgan fingerprint density at radius 1 is 1.58 bits per heavy atom. The van der Waals surface area contributed by atoms with Crippen LogP contribution in [0.2, 0.25) is 0 Å². The fourth-order valence-corrected chi connectivity index (χ4v) is 1.51. The summed E-state index contributed by atoms with van der Waals surface area (Å²) >= 11 is 0. The van der Waals surface area contributed by atoms with Crippen LogP contribution in [0.25, 0.3) is 0 Å². The summed E-state index contributed by atoms with van der Waals surface area (Å²) in [6, 6.07) is 0.0464. The summed E-state index contributed by atoms with van der Waals surface area (Å²) < 4.78 is 0. The van der Waals surface area contributed by atoms with Crippen LogP contribution < -0.4 is 5.32 Å². The van der Waals surface area contributed by atoms with E-state index in [1.807, 2.05) is 14.0 Å². The van der Waals surface area contributed by atoms with E-state index in [2.05, 4.69) is 5.32 Å². The van der Waals surface area contributed by atoms with Crippen molar-refractivity contribution in [2.24, 2.45) is 5.92 Å². The van der Waals surface area contributed by atoms with Crippen LogP contribution in [-0.4, -0.2) is 18.9 Å². The summed E-state index contributed by atoms with van der Waals surface area (Å²) in [4.78, 5) is 11.4. The first-order valence-corrected chi connectivity index (χ1v) is 4.94. The lowest BCUT2D eigenvalue weighted by Crippen LogP contribution is -2.31. The zero-order valence-electron chi connectivity index (χ0n) is 8.10. The molecule has 0 aliphatic heterocycles. The molecule has 2 heteroatoms. The van der Waals surface area contributed by atoms with E-state index in [0.717, 1.165) is 18.8 Å². The first-order chi connectivity index (χ1) is 5.74. The minimum atomic E-state index is 0.0464. The Balaban J connectivity index is 2.08. The summed E-state index contributed by atoms with van der Waals surface area (Å²) in [7, 11) is 1.84. The zero-order chi connectivity index (χ0) is 8.97. The van der Waals surface area contributed by atoms with Gasteiger partial charge in [-0.25, -0.2) is 0 Å². The van der Waals surface area contributed by atoms with E-state index in [-0.39, 0.29) is 6.04 Å². The van der Waals surface area contributed by atoms with Gasteiger partial charge in [0.25, 0.3) is 0 Å². The lowest BCUT2D eigenvalue weighted by atomic mass is 9.81. The Morgan fingerprint density at radius 2 is 2.25 bits per heavy atom. The summed E-state index contributed by atoms with van der Waals surface area (Å²) in [5, 5.41) is 2.97. The molecule has 1 atom stereocenters. The predicted octanol–water partition coefficient (Wildman–Crippen LogP) is 1.74. The first kappa shape index (κ1) is 9.72. The van der Waals surface area contributed by atoms with Crippen molar-refractivity contribution < 1.29 is 4.79 Å². The van der Waals surface area contributed by atoms with Gasteiger partial charge in [-0.2, -0.15) is 0 Å². The van der Waals surface area contributed by atoms with Crippen molar-refractivity contribution >= 4 is 5.78 Å². The maximum atomic E-state index is 11.4. The number of carbonyl (C=O) groups excluding carboxylic acids is 1. The van der Waals surface area contributed by atoms with Gasteiger partial charge in [-0.05, 0) is 26.3 Å². The van der Waals surface area contributed by atoms with E-state index in [1.165, 1.54) is 19.3 Å². The van der Waals surface area contributed by atoms with Crippen molar-refractivity contribution in [3.63, 3.8) is 0 Å². The van der Waals surface area contributed by atoms with Crippen molar-refractivity contribution in [3.05, 3.63) is 0 Å². The van der Waals surface area contributed by atoms with Gasteiger partial charge >= 0.3 is 0 Å². The smallest absolute Gasteiger partial charge is 0.149 e. The van der Waals surface area contributed by atoms with Crippen molar-refractivity contribution in [3.8, 4) is 0 Å².